The fourth-order valence-corrected chi connectivity index (χ4v) is 8.62. The van der Waals surface area contributed by atoms with Crippen molar-refractivity contribution in [2.24, 2.45) is 0 Å². The van der Waals surface area contributed by atoms with Gasteiger partial charge in [0.05, 0.1) is 5.69 Å². The van der Waals surface area contributed by atoms with Crippen LogP contribution in [0.2, 0.25) is 0 Å². The van der Waals surface area contributed by atoms with E-state index in [1.807, 2.05) is 11.3 Å². The highest BCUT2D eigenvalue weighted by atomic mass is 32.1. The Bertz CT molecular complexity index is 2640. The Labute approximate surface area is 281 Å². The maximum absolute atomic E-state index is 3.82. The van der Waals surface area contributed by atoms with Crippen LogP contribution in [0.15, 0.2) is 170 Å². The lowest BCUT2D eigenvalue weighted by Gasteiger charge is -2.27. The number of fused-ring (bicyclic) bond motifs is 4. The number of hydrogen-bond acceptors (Lipinski definition) is 3. The van der Waals surface area contributed by atoms with E-state index in [0.29, 0.717) is 0 Å². The van der Waals surface area contributed by atoms with E-state index in [9.17, 15) is 0 Å². The molecule has 0 atom stereocenters. The summed E-state index contributed by atoms with van der Waals surface area (Å²) in [6, 6.07) is 61.0. The summed E-state index contributed by atoms with van der Waals surface area (Å²) >= 11 is 1.89. The highest BCUT2D eigenvalue weighted by Gasteiger charge is 2.22. The number of nitrogens with one attached hydrogen (secondary N) is 1. The number of rotatable bonds is 6. The molecule has 10 rings (SSSR count). The van der Waals surface area contributed by atoms with E-state index in [1.165, 1.54) is 52.9 Å². The quantitative estimate of drug-likeness (QED) is 0.185. The number of H-pyrrole nitrogens is 1. The van der Waals surface area contributed by atoms with Crippen LogP contribution in [-0.2, 0) is 0 Å². The molecule has 1 N–H and O–H groups in total. The van der Waals surface area contributed by atoms with E-state index in [4.69, 9.17) is 0 Å². The molecule has 0 aliphatic carbocycles. The largest absolute Gasteiger partial charge is 0.354 e. The van der Waals surface area contributed by atoms with Crippen LogP contribution in [-0.4, -0.2) is 4.98 Å². The molecule has 0 spiro atoms. The van der Waals surface area contributed by atoms with E-state index in [-0.39, 0.29) is 0 Å². The second-order valence-electron chi connectivity index (χ2n) is 12.3. The molecule has 0 radical (unpaired) electrons. The molecule has 8 aromatic carbocycles. The number of hydrogen-bond donors (Lipinski definition) is 1. The number of aromatic amines is 1. The molecule has 0 aliphatic heterocycles. The van der Waals surface area contributed by atoms with Crippen molar-refractivity contribution in [2.45, 2.75) is 0 Å². The number of para-hydroxylation sites is 4. The van der Waals surface area contributed by atoms with Crippen molar-refractivity contribution in [2.75, 3.05) is 9.80 Å². The zero-order valence-corrected chi connectivity index (χ0v) is 26.8. The van der Waals surface area contributed by atoms with E-state index < -0.39 is 0 Å². The highest BCUT2D eigenvalue weighted by Crippen LogP contribution is 2.48. The van der Waals surface area contributed by atoms with Crippen molar-refractivity contribution >= 4 is 98.2 Å². The predicted molar refractivity (Wildman–Crippen MR) is 207 cm³/mol. The molecule has 10 aromatic rings. The monoisotopic (exact) mass is 631 g/mol. The average Bonchev–Trinajstić information content (AvgIpc) is 3.72. The van der Waals surface area contributed by atoms with E-state index >= 15 is 0 Å². The lowest BCUT2D eigenvalue weighted by atomic mass is 9.98. The first-order valence-electron chi connectivity index (χ1n) is 16.3. The zero-order chi connectivity index (χ0) is 31.6. The lowest BCUT2D eigenvalue weighted by Crippen LogP contribution is -2.10. The summed E-state index contributed by atoms with van der Waals surface area (Å²) in [6.07, 6.45) is 0. The molecule has 0 aliphatic rings. The minimum Gasteiger partial charge on any atom is -0.354 e. The van der Waals surface area contributed by atoms with Crippen LogP contribution >= 0.6 is 11.3 Å². The average molecular weight is 632 g/mol. The van der Waals surface area contributed by atoms with Crippen molar-refractivity contribution in [3.8, 4) is 0 Å². The summed E-state index contributed by atoms with van der Waals surface area (Å²) in [4.78, 5) is 8.53. The number of nitrogens with zero attached hydrogens (tertiary/aromatic N) is 2. The van der Waals surface area contributed by atoms with Crippen LogP contribution in [0.25, 0.3) is 52.8 Å². The third-order valence-electron chi connectivity index (χ3n) is 9.50. The van der Waals surface area contributed by atoms with Gasteiger partial charge >= 0.3 is 0 Å². The Morgan fingerprint density at radius 1 is 0.375 bits per heavy atom. The van der Waals surface area contributed by atoms with Crippen LogP contribution in [0.1, 0.15) is 0 Å². The van der Waals surface area contributed by atoms with Crippen LogP contribution < -0.4 is 9.80 Å². The minimum atomic E-state index is 1.14. The molecule has 0 fully saturated rings. The van der Waals surface area contributed by atoms with Gasteiger partial charge in [0, 0.05) is 81.2 Å². The first-order chi connectivity index (χ1) is 23.8. The van der Waals surface area contributed by atoms with Crippen molar-refractivity contribution < 1.29 is 0 Å². The summed E-state index contributed by atoms with van der Waals surface area (Å²) in [5, 5.41) is 7.70. The highest BCUT2D eigenvalue weighted by molar-refractivity contribution is 7.26. The molecule has 0 amide bonds. The van der Waals surface area contributed by atoms with Gasteiger partial charge in [-0.25, -0.2) is 0 Å². The van der Waals surface area contributed by atoms with Gasteiger partial charge in [0.15, 0.2) is 0 Å². The van der Waals surface area contributed by atoms with Crippen LogP contribution in [0, 0.1) is 0 Å². The van der Waals surface area contributed by atoms with Gasteiger partial charge in [-0.3, -0.25) is 0 Å². The van der Waals surface area contributed by atoms with Gasteiger partial charge in [0.1, 0.15) is 0 Å². The van der Waals surface area contributed by atoms with Gasteiger partial charge in [-0.1, -0.05) is 84.9 Å². The number of benzene rings is 8. The molecule has 2 heterocycles. The summed E-state index contributed by atoms with van der Waals surface area (Å²) < 4.78 is 2.62. The molecule has 3 nitrogen and oxygen atoms in total. The molecular weight excluding hydrogens is 603 g/mol. The maximum atomic E-state index is 3.82. The van der Waals surface area contributed by atoms with Crippen LogP contribution in [0.3, 0.4) is 0 Å². The van der Waals surface area contributed by atoms with Crippen molar-refractivity contribution in [3.05, 3.63) is 170 Å². The summed E-state index contributed by atoms with van der Waals surface area (Å²) in [7, 11) is 0. The SMILES string of the molecule is c1ccc(N(c2ccccc2)c2ccc3sc4c(cc5[nH]c6ccc(N(c7ccccc7)c7ccccc7)c7ccc4c5c67)c3c2)cc1. The zero-order valence-electron chi connectivity index (χ0n) is 26.0. The van der Waals surface area contributed by atoms with Gasteiger partial charge in [0.25, 0.3) is 0 Å². The first-order valence-corrected chi connectivity index (χ1v) is 17.1. The molecule has 4 heteroatoms. The molecular formula is C44H29N3S. The van der Waals surface area contributed by atoms with E-state index in [0.717, 1.165) is 34.0 Å². The smallest absolute Gasteiger partial charge is 0.0541 e. The van der Waals surface area contributed by atoms with Crippen LogP contribution in [0.5, 0.6) is 0 Å². The summed E-state index contributed by atoms with van der Waals surface area (Å²) in [5.74, 6) is 0. The summed E-state index contributed by atoms with van der Waals surface area (Å²) in [6.45, 7) is 0. The third-order valence-corrected chi connectivity index (χ3v) is 10.7. The molecule has 48 heavy (non-hydrogen) atoms. The minimum absolute atomic E-state index is 1.14. The molecule has 0 bridgehead atoms. The third kappa shape index (κ3) is 4.13. The molecule has 0 saturated carbocycles. The first kappa shape index (κ1) is 27.1. The van der Waals surface area contributed by atoms with Gasteiger partial charge in [-0.2, -0.15) is 0 Å². The Hall–Kier alpha value is -6.10. The Morgan fingerprint density at radius 3 is 1.52 bits per heavy atom. The van der Waals surface area contributed by atoms with Gasteiger partial charge in [-0.05, 0) is 84.9 Å². The maximum Gasteiger partial charge on any atom is 0.0541 e. The molecule has 2 aromatic heterocycles. The normalized spacial score (nSPS) is 11.8. The number of aromatic nitrogens is 1. The second kappa shape index (κ2) is 10.7. The van der Waals surface area contributed by atoms with Crippen molar-refractivity contribution in [3.63, 3.8) is 0 Å². The number of anilines is 6. The Balaban J connectivity index is 1.19. The van der Waals surface area contributed by atoms with Crippen molar-refractivity contribution in [1.29, 1.82) is 0 Å². The van der Waals surface area contributed by atoms with Crippen LogP contribution in [0.4, 0.5) is 34.1 Å². The fraction of sp³-hybridized carbons (Fsp3) is 0. The van der Waals surface area contributed by atoms with Gasteiger partial charge in [-0.15, -0.1) is 11.3 Å². The predicted octanol–water partition coefficient (Wildman–Crippen LogP) is 13.2. The topological polar surface area (TPSA) is 22.3 Å². The van der Waals surface area contributed by atoms with Crippen molar-refractivity contribution in [1.82, 2.24) is 4.98 Å². The fourth-order valence-electron chi connectivity index (χ4n) is 7.43. The Kier molecular flexibility index (Phi) is 6.05. The molecule has 226 valence electrons. The standard InChI is InChI=1S/C44H29N3S/c1-5-13-29(14-6-1)46(30-15-7-2-8-16-30)33-21-26-41-36(27-33)37-28-39-43-35(44(37)48-41)23-22-34-40(25-24-38(45-39)42(34)43)47(31-17-9-3-10-18-31)32-19-11-4-12-20-32/h1-28,45H. The van der Waals surface area contributed by atoms with Gasteiger partial charge < -0.3 is 14.8 Å². The Morgan fingerprint density at radius 2 is 0.917 bits per heavy atom. The van der Waals surface area contributed by atoms with E-state index in [2.05, 4.69) is 185 Å². The lowest BCUT2D eigenvalue weighted by molar-refractivity contribution is 1.29. The summed E-state index contributed by atoms with van der Waals surface area (Å²) in [5.41, 5.74) is 9.22. The number of thiophene rings is 1. The second-order valence-corrected chi connectivity index (χ2v) is 13.3. The van der Waals surface area contributed by atoms with Gasteiger partial charge in [0.2, 0.25) is 0 Å². The van der Waals surface area contributed by atoms with E-state index in [1.54, 1.807) is 0 Å². The molecule has 0 unspecified atom stereocenters. The molecule has 0 saturated heterocycles.